The molecule has 1 N–H and O–H groups in total. The Bertz CT molecular complexity index is 707. The second-order valence-corrected chi connectivity index (χ2v) is 15.0. The van der Waals surface area contributed by atoms with Crippen LogP contribution in [0.1, 0.15) is 256 Å². The molecule has 1 rings (SSSR count). The first-order valence-corrected chi connectivity index (χ1v) is 20.9. The lowest BCUT2D eigenvalue weighted by Crippen LogP contribution is -2.02. The lowest BCUT2D eigenvalue weighted by Gasteiger charge is -2.21. The van der Waals surface area contributed by atoms with E-state index in [0.29, 0.717) is 17.6 Å². The molecule has 1 nitrogen and oxygen atoms in total. The van der Waals surface area contributed by atoms with Gasteiger partial charge in [-0.15, -0.1) is 0 Å². The molecule has 0 radical (unpaired) electrons. The van der Waals surface area contributed by atoms with Gasteiger partial charge in [0.1, 0.15) is 5.75 Å². The van der Waals surface area contributed by atoms with E-state index in [4.69, 9.17) is 0 Å². The number of phenolic OH excluding ortho intramolecular Hbond substituents is 1. The molecule has 0 bridgehead atoms. The Hall–Kier alpha value is -0.980. The fourth-order valence-electron chi connectivity index (χ4n) is 7.30. The van der Waals surface area contributed by atoms with Crippen LogP contribution in [0.15, 0.2) is 12.1 Å². The lowest BCUT2D eigenvalue weighted by molar-refractivity contribution is 0.441. The molecular formula is C44H82O. The van der Waals surface area contributed by atoms with Crippen molar-refractivity contribution in [1.82, 2.24) is 0 Å². The number of aromatic hydroxyl groups is 1. The van der Waals surface area contributed by atoms with Crippen molar-refractivity contribution >= 4 is 0 Å². The van der Waals surface area contributed by atoms with E-state index in [1.807, 2.05) is 0 Å². The Morgan fingerprint density at radius 3 is 0.889 bits per heavy atom. The van der Waals surface area contributed by atoms with Crippen molar-refractivity contribution < 1.29 is 5.11 Å². The Balaban J connectivity index is 2.21. The summed E-state index contributed by atoms with van der Waals surface area (Å²) >= 11 is 0. The van der Waals surface area contributed by atoms with Crippen molar-refractivity contribution in [2.24, 2.45) is 0 Å². The van der Waals surface area contributed by atoms with Crippen LogP contribution in [0.4, 0.5) is 0 Å². The van der Waals surface area contributed by atoms with Crippen LogP contribution in [0.2, 0.25) is 0 Å². The predicted octanol–water partition coefficient (Wildman–Crippen LogP) is 15.9. The summed E-state index contributed by atoms with van der Waals surface area (Å²) in [6, 6.07) is 4.62. The van der Waals surface area contributed by atoms with Crippen LogP contribution in [0.3, 0.4) is 0 Å². The van der Waals surface area contributed by atoms with E-state index in [1.165, 1.54) is 209 Å². The molecule has 2 atom stereocenters. The van der Waals surface area contributed by atoms with Crippen molar-refractivity contribution in [3.05, 3.63) is 28.8 Å². The van der Waals surface area contributed by atoms with Crippen molar-refractivity contribution in [2.75, 3.05) is 0 Å². The molecule has 0 heterocycles. The van der Waals surface area contributed by atoms with Crippen LogP contribution in [0, 0.1) is 0 Å². The second-order valence-electron chi connectivity index (χ2n) is 15.0. The van der Waals surface area contributed by atoms with Gasteiger partial charge < -0.3 is 5.11 Å². The highest BCUT2D eigenvalue weighted by atomic mass is 16.3. The largest absolute Gasteiger partial charge is 0.507 e. The highest BCUT2D eigenvalue weighted by Gasteiger charge is 2.19. The zero-order valence-electron chi connectivity index (χ0n) is 31.7. The quantitative estimate of drug-likeness (QED) is 0.0770. The standard InChI is InChI=1S/C44H82O/c1-6-9-11-13-15-17-19-21-23-25-27-29-31-33-35-39(4)42-37-41(8-3)38-43(44(42)45)40(5)36-34-32-30-28-26-24-22-20-18-16-14-12-10-7-2/h37-40,45H,6-36H2,1-5H3. The van der Waals surface area contributed by atoms with Crippen molar-refractivity contribution in [3.63, 3.8) is 0 Å². The molecule has 1 aromatic rings. The van der Waals surface area contributed by atoms with E-state index in [0.717, 1.165) is 6.42 Å². The van der Waals surface area contributed by atoms with Crippen LogP contribution in [0.5, 0.6) is 5.75 Å². The molecule has 0 aliphatic heterocycles. The number of hydrogen-bond acceptors (Lipinski definition) is 1. The van der Waals surface area contributed by atoms with Gasteiger partial charge in [0.25, 0.3) is 0 Å². The minimum Gasteiger partial charge on any atom is -0.507 e. The van der Waals surface area contributed by atoms with Crippen molar-refractivity contribution in [2.45, 2.75) is 245 Å². The minimum atomic E-state index is 0.445. The summed E-state index contributed by atoms with van der Waals surface area (Å²) in [7, 11) is 0. The van der Waals surface area contributed by atoms with Gasteiger partial charge in [0.05, 0.1) is 0 Å². The Kier molecular flexibility index (Phi) is 28.4. The van der Waals surface area contributed by atoms with Gasteiger partial charge in [-0.05, 0) is 47.8 Å². The third-order valence-corrected chi connectivity index (χ3v) is 10.7. The maximum absolute atomic E-state index is 11.4. The highest BCUT2D eigenvalue weighted by Crippen LogP contribution is 2.38. The zero-order valence-corrected chi connectivity index (χ0v) is 31.7. The van der Waals surface area contributed by atoms with E-state index < -0.39 is 0 Å². The highest BCUT2D eigenvalue weighted by molar-refractivity contribution is 5.47. The molecule has 0 spiro atoms. The first-order valence-electron chi connectivity index (χ1n) is 20.9. The third-order valence-electron chi connectivity index (χ3n) is 10.7. The van der Waals surface area contributed by atoms with Crippen LogP contribution >= 0.6 is 0 Å². The fraction of sp³-hybridized carbons (Fsp3) is 0.864. The van der Waals surface area contributed by atoms with Crippen molar-refractivity contribution in [3.8, 4) is 5.75 Å². The van der Waals surface area contributed by atoms with E-state index in [2.05, 4.69) is 46.8 Å². The molecule has 0 saturated heterocycles. The lowest BCUT2D eigenvalue weighted by atomic mass is 9.85. The van der Waals surface area contributed by atoms with Gasteiger partial charge in [-0.2, -0.15) is 0 Å². The molecular weight excluding hydrogens is 544 g/mol. The number of benzene rings is 1. The summed E-state index contributed by atoms with van der Waals surface area (Å²) in [5.74, 6) is 1.50. The molecule has 0 saturated carbocycles. The minimum absolute atomic E-state index is 0.445. The molecule has 0 fully saturated rings. The third kappa shape index (κ3) is 22.3. The number of phenols is 1. The average Bonchev–Trinajstić information content (AvgIpc) is 3.04. The van der Waals surface area contributed by atoms with Crippen LogP contribution in [-0.4, -0.2) is 5.11 Å². The van der Waals surface area contributed by atoms with Gasteiger partial charge >= 0.3 is 0 Å². The second kappa shape index (κ2) is 30.4. The Labute approximate surface area is 284 Å². The Morgan fingerprint density at radius 2 is 0.644 bits per heavy atom. The number of hydrogen-bond donors (Lipinski definition) is 1. The first kappa shape index (κ1) is 42.0. The monoisotopic (exact) mass is 627 g/mol. The predicted molar refractivity (Wildman–Crippen MR) is 204 cm³/mol. The molecule has 0 aliphatic rings. The van der Waals surface area contributed by atoms with Gasteiger partial charge in [-0.3, -0.25) is 0 Å². The zero-order chi connectivity index (χ0) is 32.8. The normalized spacial score (nSPS) is 13.0. The molecule has 1 heteroatoms. The van der Waals surface area contributed by atoms with E-state index in [9.17, 15) is 5.11 Å². The molecule has 2 unspecified atom stereocenters. The van der Waals surface area contributed by atoms with E-state index in [-0.39, 0.29) is 0 Å². The van der Waals surface area contributed by atoms with E-state index >= 15 is 0 Å². The maximum atomic E-state index is 11.4. The Morgan fingerprint density at radius 1 is 0.400 bits per heavy atom. The fourth-order valence-corrected chi connectivity index (χ4v) is 7.30. The van der Waals surface area contributed by atoms with Crippen LogP contribution in [0.25, 0.3) is 0 Å². The summed E-state index contributed by atoms with van der Waals surface area (Å²) in [5, 5.41) is 11.4. The summed E-state index contributed by atoms with van der Waals surface area (Å²) in [5.41, 5.74) is 3.83. The van der Waals surface area contributed by atoms with Crippen LogP contribution < -0.4 is 0 Å². The number of rotatable bonds is 33. The topological polar surface area (TPSA) is 20.2 Å². The SMILES string of the molecule is CCCCCCCCCCCCCCCCC(C)c1cc(CC)cc(C(C)CCCCCCCCCCCCCCCC)c1O. The molecule has 1 aromatic carbocycles. The molecule has 0 aromatic heterocycles. The molecule has 0 aliphatic carbocycles. The smallest absolute Gasteiger partial charge is 0.122 e. The van der Waals surface area contributed by atoms with Gasteiger partial charge in [-0.25, -0.2) is 0 Å². The van der Waals surface area contributed by atoms with Gasteiger partial charge in [0.2, 0.25) is 0 Å². The molecule has 264 valence electrons. The average molecular weight is 627 g/mol. The maximum Gasteiger partial charge on any atom is 0.122 e. The van der Waals surface area contributed by atoms with Crippen LogP contribution in [-0.2, 0) is 6.42 Å². The number of unbranched alkanes of at least 4 members (excludes halogenated alkanes) is 26. The summed E-state index contributed by atoms with van der Waals surface area (Å²) in [6.45, 7) is 11.6. The summed E-state index contributed by atoms with van der Waals surface area (Å²) in [4.78, 5) is 0. The van der Waals surface area contributed by atoms with Gasteiger partial charge in [0, 0.05) is 0 Å². The first-order chi connectivity index (χ1) is 22.0. The summed E-state index contributed by atoms with van der Waals surface area (Å²) < 4.78 is 0. The van der Waals surface area contributed by atoms with Gasteiger partial charge in [-0.1, -0.05) is 227 Å². The molecule has 0 amide bonds. The van der Waals surface area contributed by atoms with Crippen molar-refractivity contribution in [1.29, 1.82) is 0 Å². The number of aryl methyl sites for hydroxylation is 1. The summed E-state index contributed by atoms with van der Waals surface area (Å²) in [6.07, 6.45) is 42.9. The van der Waals surface area contributed by atoms with Gasteiger partial charge in [0.15, 0.2) is 0 Å². The van der Waals surface area contributed by atoms with E-state index in [1.54, 1.807) is 0 Å². The molecule has 45 heavy (non-hydrogen) atoms.